The molecule has 2 nitrogen and oxygen atoms in total. The maximum atomic E-state index is 12.3. The third-order valence-corrected chi connectivity index (χ3v) is 8.70. The van der Waals surface area contributed by atoms with Gasteiger partial charge in [-0.1, -0.05) is 78.9 Å². The van der Waals surface area contributed by atoms with Gasteiger partial charge in [0, 0.05) is 5.57 Å². The second kappa shape index (κ2) is 7.97. The molecule has 3 aliphatic rings. The lowest BCUT2D eigenvalue weighted by molar-refractivity contribution is -0.139. The van der Waals surface area contributed by atoms with Crippen LogP contribution < -0.4 is 0 Å². The SMILES string of the molecule is C=C1C(=O)O[C@@H](C[C@@H](C)[C@H]2CC[C@H]3/C(=C/I)CCC[C@]23C)[C@@H]1c1ccccc1. The summed E-state index contributed by atoms with van der Waals surface area (Å²) in [5.74, 6) is 1.77. The fraction of sp³-hybridized carbons (Fsp3) is 0.560. The van der Waals surface area contributed by atoms with Crippen LogP contribution in [0.1, 0.15) is 63.9 Å². The van der Waals surface area contributed by atoms with Crippen LogP contribution in [0.4, 0.5) is 0 Å². The molecule has 6 atom stereocenters. The molecule has 0 unspecified atom stereocenters. The molecule has 0 N–H and O–H groups in total. The number of allylic oxidation sites excluding steroid dienone is 1. The van der Waals surface area contributed by atoms with Gasteiger partial charge in [-0.2, -0.15) is 0 Å². The van der Waals surface area contributed by atoms with E-state index in [-0.39, 0.29) is 18.0 Å². The Balaban J connectivity index is 1.54. The number of benzene rings is 1. The molecule has 1 aromatic rings. The number of esters is 1. The predicted octanol–water partition coefficient (Wildman–Crippen LogP) is 6.81. The Bertz CT molecular complexity index is 783. The van der Waals surface area contributed by atoms with Crippen LogP contribution in [0.2, 0.25) is 0 Å². The Morgan fingerprint density at radius 1 is 1.32 bits per heavy atom. The van der Waals surface area contributed by atoms with E-state index < -0.39 is 0 Å². The molecule has 0 spiro atoms. The van der Waals surface area contributed by atoms with Crippen molar-refractivity contribution in [1.29, 1.82) is 0 Å². The zero-order chi connectivity index (χ0) is 19.9. The number of carbonyl (C=O) groups is 1. The summed E-state index contributed by atoms with van der Waals surface area (Å²) < 4.78 is 8.18. The predicted molar refractivity (Wildman–Crippen MR) is 122 cm³/mol. The molecule has 150 valence electrons. The third-order valence-electron chi connectivity index (χ3n) is 7.90. The summed E-state index contributed by atoms with van der Waals surface area (Å²) in [5.41, 5.74) is 3.84. The first-order chi connectivity index (χ1) is 13.5. The van der Waals surface area contributed by atoms with Gasteiger partial charge in [-0.3, -0.25) is 0 Å². The van der Waals surface area contributed by atoms with E-state index >= 15 is 0 Å². The van der Waals surface area contributed by atoms with Gasteiger partial charge in [0.1, 0.15) is 6.10 Å². The van der Waals surface area contributed by atoms with E-state index in [0.717, 1.165) is 17.9 Å². The van der Waals surface area contributed by atoms with Gasteiger partial charge in [-0.25, -0.2) is 4.79 Å². The zero-order valence-corrected chi connectivity index (χ0v) is 19.2. The average Bonchev–Trinajstić information content (AvgIpc) is 3.18. The summed E-state index contributed by atoms with van der Waals surface area (Å²) in [6, 6.07) is 10.3. The number of carbonyl (C=O) groups excluding carboxylic acids is 1. The van der Waals surface area contributed by atoms with Crippen LogP contribution >= 0.6 is 22.6 Å². The minimum absolute atomic E-state index is 0.00249. The largest absolute Gasteiger partial charge is 0.458 e. The molecule has 1 aliphatic heterocycles. The maximum Gasteiger partial charge on any atom is 0.334 e. The number of hydrogen-bond acceptors (Lipinski definition) is 2. The minimum Gasteiger partial charge on any atom is -0.458 e. The maximum absolute atomic E-state index is 12.3. The molecule has 3 heteroatoms. The molecule has 0 radical (unpaired) electrons. The smallest absolute Gasteiger partial charge is 0.334 e. The normalized spacial score (nSPS) is 37.8. The lowest BCUT2D eigenvalue weighted by atomic mass is 9.61. The van der Waals surface area contributed by atoms with Crippen molar-refractivity contribution in [2.75, 3.05) is 0 Å². The van der Waals surface area contributed by atoms with Crippen LogP contribution in [-0.4, -0.2) is 12.1 Å². The first-order valence-corrected chi connectivity index (χ1v) is 11.9. The van der Waals surface area contributed by atoms with Crippen molar-refractivity contribution in [2.45, 2.75) is 64.4 Å². The number of fused-ring (bicyclic) bond motifs is 1. The topological polar surface area (TPSA) is 26.3 Å². The first kappa shape index (κ1) is 20.2. The van der Waals surface area contributed by atoms with E-state index in [1.54, 1.807) is 5.57 Å². The summed E-state index contributed by atoms with van der Waals surface area (Å²) >= 11 is 2.44. The summed E-state index contributed by atoms with van der Waals surface area (Å²) in [7, 11) is 0. The number of ether oxygens (including phenoxy) is 1. The van der Waals surface area contributed by atoms with Crippen molar-refractivity contribution in [3.63, 3.8) is 0 Å². The van der Waals surface area contributed by atoms with Crippen LogP contribution in [-0.2, 0) is 9.53 Å². The van der Waals surface area contributed by atoms with Gasteiger partial charge in [0.15, 0.2) is 0 Å². The van der Waals surface area contributed by atoms with E-state index in [1.807, 2.05) is 18.2 Å². The Labute approximate surface area is 183 Å². The van der Waals surface area contributed by atoms with Gasteiger partial charge in [0.05, 0.1) is 5.92 Å². The Morgan fingerprint density at radius 3 is 2.79 bits per heavy atom. The van der Waals surface area contributed by atoms with E-state index in [0.29, 0.717) is 22.8 Å². The van der Waals surface area contributed by atoms with Crippen LogP contribution in [0.25, 0.3) is 0 Å². The molecule has 1 aromatic carbocycles. The van der Waals surface area contributed by atoms with Crippen LogP contribution in [0.15, 0.2) is 52.1 Å². The highest BCUT2D eigenvalue weighted by atomic mass is 127. The van der Waals surface area contributed by atoms with Crippen LogP contribution in [0, 0.1) is 23.2 Å². The van der Waals surface area contributed by atoms with Gasteiger partial charge in [-0.05, 0) is 71.3 Å². The van der Waals surface area contributed by atoms with E-state index in [1.165, 1.54) is 32.1 Å². The number of hydrogen-bond donors (Lipinski definition) is 0. The molecule has 0 aromatic heterocycles. The van der Waals surface area contributed by atoms with E-state index in [4.69, 9.17) is 4.74 Å². The Hall–Kier alpha value is -1.10. The van der Waals surface area contributed by atoms with E-state index in [9.17, 15) is 4.79 Å². The van der Waals surface area contributed by atoms with Crippen molar-refractivity contribution in [3.05, 3.63) is 57.7 Å². The lowest BCUT2D eigenvalue weighted by Crippen LogP contribution is -2.37. The van der Waals surface area contributed by atoms with Crippen LogP contribution in [0.3, 0.4) is 0 Å². The summed E-state index contributed by atoms with van der Waals surface area (Å²) in [6.45, 7) is 8.98. The summed E-state index contributed by atoms with van der Waals surface area (Å²) in [4.78, 5) is 12.3. The molecule has 0 bridgehead atoms. The zero-order valence-electron chi connectivity index (χ0n) is 17.0. The highest BCUT2D eigenvalue weighted by Crippen LogP contribution is 2.60. The molecule has 2 aliphatic carbocycles. The van der Waals surface area contributed by atoms with Crippen LogP contribution in [0.5, 0.6) is 0 Å². The van der Waals surface area contributed by atoms with Crippen molar-refractivity contribution in [3.8, 4) is 0 Å². The monoisotopic (exact) mass is 490 g/mol. The van der Waals surface area contributed by atoms with Gasteiger partial charge in [0.2, 0.25) is 0 Å². The number of cyclic esters (lactones) is 1. The number of rotatable bonds is 4. The van der Waals surface area contributed by atoms with Gasteiger partial charge < -0.3 is 4.74 Å². The third kappa shape index (κ3) is 3.38. The minimum atomic E-state index is -0.214. The molecule has 1 saturated heterocycles. The molecule has 28 heavy (non-hydrogen) atoms. The summed E-state index contributed by atoms with van der Waals surface area (Å²) in [5, 5.41) is 0. The lowest BCUT2D eigenvalue weighted by Gasteiger charge is -2.44. The van der Waals surface area contributed by atoms with Gasteiger partial charge >= 0.3 is 5.97 Å². The second-order valence-electron chi connectivity index (χ2n) is 9.35. The molecule has 4 rings (SSSR count). The highest BCUT2D eigenvalue weighted by molar-refractivity contribution is 14.1. The van der Waals surface area contributed by atoms with Crippen molar-refractivity contribution in [2.24, 2.45) is 23.2 Å². The first-order valence-electron chi connectivity index (χ1n) is 10.7. The van der Waals surface area contributed by atoms with Crippen molar-refractivity contribution in [1.82, 2.24) is 0 Å². The quantitative estimate of drug-likeness (QED) is 0.263. The standard InChI is InChI=1S/C25H31IO2/c1-16(20-11-12-21-19(15-26)10-7-13-25(20,21)3)14-22-23(17(2)24(27)28-22)18-8-5-4-6-9-18/h4-6,8-9,15-16,20-23H,2,7,10-14H2,1,3H3/b19-15+/t16-,20-,21+,22+,23+,25-/m1/s1. The van der Waals surface area contributed by atoms with Crippen molar-refractivity contribution >= 4 is 28.6 Å². The second-order valence-corrected chi connectivity index (χ2v) is 9.97. The Morgan fingerprint density at radius 2 is 2.07 bits per heavy atom. The summed E-state index contributed by atoms with van der Waals surface area (Å²) in [6.07, 6.45) is 7.39. The molecule has 3 fully saturated rings. The average molecular weight is 490 g/mol. The molecule has 1 heterocycles. The van der Waals surface area contributed by atoms with Gasteiger partial charge in [-0.15, -0.1) is 0 Å². The van der Waals surface area contributed by atoms with Crippen molar-refractivity contribution < 1.29 is 9.53 Å². The molecular weight excluding hydrogens is 459 g/mol. The number of halogens is 1. The molecule has 2 saturated carbocycles. The molecule has 0 amide bonds. The fourth-order valence-corrected chi connectivity index (χ4v) is 7.31. The van der Waals surface area contributed by atoms with Gasteiger partial charge in [0.25, 0.3) is 0 Å². The molecular formula is C25H31IO2. The van der Waals surface area contributed by atoms with E-state index in [2.05, 4.69) is 59.2 Å². The highest BCUT2D eigenvalue weighted by Gasteiger charge is 2.51. The Kier molecular flexibility index (Phi) is 5.74. The fourth-order valence-electron chi connectivity index (χ4n) is 6.57.